The van der Waals surface area contributed by atoms with E-state index in [2.05, 4.69) is 10.3 Å². The van der Waals surface area contributed by atoms with Gasteiger partial charge in [0.15, 0.2) is 23.7 Å². The van der Waals surface area contributed by atoms with Crippen LogP contribution >= 0.6 is 11.6 Å². The third-order valence-electron chi connectivity index (χ3n) is 4.03. The van der Waals surface area contributed by atoms with Gasteiger partial charge in [-0.1, -0.05) is 16.8 Å². The van der Waals surface area contributed by atoms with Crippen molar-refractivity contribution in [3.63, 3.8) is 0 Å². The molecular formula is C16H9ClF2N4O2. The minimum Gasteiger partial charge on any atom is -0.271 e. The van der Waals surface area contributed by atoms with E-state index < -0.39 is 35.5 Å². The third-order valence-corrected chi connectivity index (χ3v) is 4.29. The Morgan fingerprint density at radius 1 is 0.920 bits per heavy atom. The van der Waals surface area contributed by atoms with E-state index in [1.165, 1.54) is 11.1 Å². The number of hydrogen-bond donors (Lipinski definition) is 0. The molecule has 126 valence electrons. The Morgan fingerprint density at radius 2 is 1.60 bits per heavy atom. The maximum absolute atomic E-state index is 13.5. The Kier molecular flexibility index (Phi) is 3.50. The van der Waals surface area contributed by atoms with Gasteiger partial charge in [0.1, 0.15) is 0 Å². The fraction of sp³-hybridized carbons (Fsp3) is 0.125. The average molecular weight is 363 g/mol. The van der Waals surface area contributed by atoms with Gasteiger partial charge < -0.3 is 0 Å². The highest BCUT2D eigenvalue weighted by molar-refractivity contribution is 6.30. The summed E-state index contributed by atoms with van der Waals surface area (Å²) in [7, 11) is 0. The van der Waals surface area contributed by atoms with Crippen molar-refractivity contribution >= 4 is 34.8 Å². The number of carbonyl (C=O) groups excluding carboxylic acids is 2. The van der Waals surface area contributed by atoms with Crippen LogP contribution in [-0.2, 0) is 9.59 Å². The van der Waals surface area contributed by atoms with Crippen LogP contribution in [0.1, 0.15) is 0 Å². The number of benzene rings is 2. The molecule has 2 aliphatic rings. The summed E-state index contributed by atoms with van der Waals surface area (Å²) < 4.78 is 26.6. The van der Waals surface area contributed by atoms with Gasteiger partial charge in [0.05, 0.1) is 11.4 Å². The molecule has 25 heavy (non-hydrogen) atoms. The number of imide groups is 1. The summed E-state index contributed by atoms with van der Waals surface area (Å²) >= 11 is 5.84. The predicted octanol–water partition coefficient (Wildman–Crippen LogP) is 3.12. The highest BCUT2D eigenvalue weighted by atomic mass is 35.5. The summed E-state index contributed by atoms with van der Waals surface area (Å²) in [5.74, 6) is -3.46. The lowest BCUT2D eigenvalue weighted by atomic mass is 10.1. The van der Waals surface area contributed by atoms with E-state index in [-0.39, 0.29) is 5.69 Å². The maximum atomic E-state index is 13.5. The number of nitrogens with zero attached hydrogens (tertiary/aromatic N) is 4. The van der Waals surface area contributed by atoms with Crippen LogP contribution in [0.5, 0.6) is 0 Å². The molecule has 2 aromatic rings. The minimum atomic E-state index is -1.15. The Labute approximate surface area is 145 Å². The molecule has 0 N–H and O–H groups in total. The smallest absolute Gasteiger partial charge is 0.263 e. The van der Waals surface area contributed by atoms with E-state index in [4.69, 9.17) is 11.6 Å². The molecule has 2 aliphatic heterocycles. The lowest BCUT2D eigenvalue weighted by molar-refractivity contribution is -0.121. The first kappa shape index (κ1) is 15.6. The zero-order valence-electron chi connectivity index (χ0n) is 12.4. The Hall–Kier alpha value is -2.87. The second-order valence-electron chi connectivity index (χ2n) is 5.53. The van der Waals surface area contributed by atoms with E-state index >= 15 is 0 Å². The molecule has 2 heterocycles. The molecule has 6 nitrogen and oxygen atoms in total. The highest BCUT2D eigenvalue weighted by Crippen LogP contribution is 2.35. The van der Waals surface area contributed by atoms with Crippen LogP contribution in [0, 0.1) is 11.6 Å². The van der Waals surface area contributed by atoms with Crippen LogP contribution in [0.2, 0.25) is 5.02 Å². The molecule has 4 rings (SSSR count). The first-order chi connectivity index (χ1) is 12.0. The number of fused-ring (bicyclic) bond motifs is 1. The van der Waals surface area contributed by atoms with Crippen molar-refractivity contribution in [2.75, 3.05) is 9.91 Å². The molecule has 2 aromatic carbocycles. The van der Waals surface area contributed by atoms with Gasteiger partial charge in [0, 0.05) is 11.1 Å². The molecule has 2 unspecified atom stereocenters. The van der Waals surface area contributed by atoms with E-state index in [1.54, 1.807) is 24.3 Å². The molecule has 2 amide bonds. The number of rotatable bonds is 2. The minimum absolute atomic E-state index is 0.0467. The van der Waals surface area contributed by atoms with Gasteiger partial charge in [-0.25, -0.2) is 18.7 Å². The molecule has 1 fully saturated rings. The molecule has 9 heteroatoms. The van der Waals surface area contributed by atoms with E-state index in [9.17, 15) is 18.4 Å². The molecule has 0 aromatic heterocycles. The van der Waals surface area contributed by atoms with Crippen molar-refractivity contribution in [2.45, 2.75) is 12.1 Å². The predicted molar refractivity (Wildman–Crippen MR) is 85.2 cm³/mol. The van der Waals surface area contributed by atoms with Crippen molar-refractivity contribution in [1.82, 2.24) is 0 Å². The second-order valence-corrected chi connectivity index (χ2v) is 5.96. The highest BCUT2D eigenvalue weighted by Gasteiger charge is 2.55. The largest absolute Gasteiger partial charge is 0.271 e. The fourth-order valence-corrected chi connectivity index (χ4v) is 2.97. The number of anilines is 2. The third kappa shape index (κ3) is 2.37. The maximum Gasteiger partial charge on any atom is 0.263 e. The van der Waals surface area contributed by atoms with Gasteiger partial charge in [0.25, 0.3) is 11.8 Å². The SMILES string of the molecule is O=C1C2N=NN(c3ccc(Cl)cc3)C2C(=O)N1c1ccc(F)c(F)c1. The summed E-state index contributed by atoms with van der Waals surface area (Å²) in [5, 5.41) is 9.59. The number of halogens is 3. The van der Waals surface area contributed by atoms with Gasteiger partial charge in [0.2, 0.25) is 0 Å². The lowest BCUT2D eigenvalue weighted by Gasteiger charge is -2.20. The first-order valence-corrected chi connectivity index (χ1v) is 7.63. The monoisotopic (exact) mass is 362 g/mol. The summed E-state index contributed by atoms with van der Waals surface area (Å²) in [6.45, 7) is 0. The van der Waals surface area contributed by atoms with Crippen LogP contribution in [0.25, 0.3) is 0 Å². The van der Waals surface area contributed by atoms with Crippen molar-refractivity contribution in [3.05, 3.63) is 59.1 Å². The van der Waals surface area contributed by atoms with Crippen molar-refractivity contribution < 1.29 is 18.4 Å². The average Bonchev–Trinajstić information content (AvgIpc) is 3.12. The zero-order valence-corrected chi connectivity index (χ0v) is 13.2. The van der Waals surface area contributed by atoms with Gasteiger partial charge in [-0.15, -0.1) is 0 Å². The molecule has 0 bridgehead atoms. The molecule has 0 saturated carbocycles. The first-order valence-electron chi connectivity index (χ1n) is 7.26. The van der Waals surface area contributed by atoms with E-state index in [1.807, 2.05) is 0 Å². The van der Waals surface area contributed by atoms with Crippen LogP contribution in [-0.4, -0.2) is 23.9 Å². The Balaban J connectivity index is 1.70. The summed E-state index contributed by atoms with van der Waals surface area (Å²) in [6, 6.07) is 7.34. The van der Waals surface area contributed by atoms with E-state index in [0.29, 0.717) is 10.7 Å². The molecule has 1 saturated heterocycles. The van der Waals surface area contributed by atoms with Crippen LogP contribution in [0.3, 0.4) is 0 Å². The molecule has 0 radical (unpaired) electrons. The number of carbonyl (C=O) groups is 2. The topological polar surface area (TPSA) is 65.3 Å². The summed E-state index contributed by atoms with van der Waals surface area (Å²) in [6.07, 6.45) is 0. The standard InChI is InChI=1S/C16H9ClF2N4O2/c17-8-1-3-9(4-2-8)23-14-13(20-21-23)15(24)22(16(14)25)10-5-6-11(18)12(19)7-10/h1-7,13-14H. The Bertz CT molecular complexity index is 919. The molecule has 2 atom stereocenters. The fourth-order valence-electron chi connectivity index (χ4n) is 2.85. The lowest BCUT2D eigenvalue weighted by Crippen LogP contribution is -2.39. The van der Waals surface area contributed by atoms with Gasteiger partial charge in [-0.05, 0) is 36.4 Å². The molecular weight excluding hydrogens is 354 g/mol. The quantitative estimate of drug-likeness (QED) is 0.771. The van der Waals surface area contributed by atoms with Crippen molar-refractivity contribution in [1.29, 1.82) is 0 Å². The van der Waals surface area contributed by atoms with Crippen LogP contribution in [0.15, 0.2) is 52.8 Å². The normalized spacial score (nSPS) is 22.0. The number of hydrogen-bond acceptors (Lipinski definition) is 5. The number of amides is 2. The van der Waals surface area contributed by atoms with Crippen molar-refractivity contribution in [3.8, 4) is 0 Å². The Morgan fingerprint density at radius 3 is 2.28 bits per heavy atom. The molecule has 0 aliphatic carbocycles. The van der Waals surface area contributed by atoms with Crippen LogP contribution < -0.4 is 9.91 Å². The van der Waals surface area contributed by atoms with Crippen molar-refractivity contribution in [2.24, 2.45) is 10.3 Å². The van der Waals surface area contributed by atoms with Gasteiger partial charge in [-0.2, -0.15) is 5.11 Å². The van der Waals surface area contributed by atoms with Crippen LogP contribution in [0.4, 0.5) is 20.2 Å². The van der Waals surface area contributed by atoms with E-state index in [0.717, 1.165) is 17.0 Å². The van der Waals surface area contributed by atoms with Gasteiger partial charge >= 0.3 is 0 Å². The second kappa shape index (κ2) is 5.59. The summed E-state index contributed by atoms with van der Waals surface area (Å²) in [4.78, 5) is 26.1. The van der Waals surface area contributed by atoms with Gasteiger partial charge in [-0.3, -0.25) is 9.59 Å². The molecule has 0 spiro atoms. The zero-order chi connectivity index (χ0) is 17.7. The summed E-state index contributed by atoms with van der Waals surface area (Å²) in [5.41, 5.74) is 0.489.